The Morgan fingerprint density at radius 1 is 1.40 bits per heavy atom. The van der Waals surface area contributed by atoms with Gasteiger partial charge in [-0.25, -0.2) is 4.79 Å². The molecule has 0 unspecified atom stereocenters. The van der Waals surface area contributed by atoms with Crippen LogP contribution in [0.25, 0.3) is 0 Å². The summed E-state index contributed by atoms with van der Waals surface area (Å²) in [6.07, 6.45) is 0.483. The summed E-state index contributed by atoms with van der Waals surface area (Å²) in [5.41, 5.74) is 6.73. The number of carbonyl (C=O) groups is 1. The van der Waals surface area contributed by atoms with Gasteiger partial charge < -0.3 is 10.5 Å². The molecular weight excluding hydrogens is 320 g/mol. The van der Waals surface area contributed by atoms with Crippen LogP contribution in [0, 0.1) is 0 Å². The highest BCUT2D eigenvalue weighted by molar-refractivity contribution is 9.10. The molecule has 0 saturated carbocycles. The van der Waals surface area contributed by atoms with E-state index >= 15 is 0 Å². The van der Waals surface area contributed by atoms with E-state index in [1.165, 1.54) is 0 Å². The van der Waals surface area contributed by atoms with Crippen LogP contribution >= 0.6 is 15.9 Å². The molecule has 0 aromatic heterocycles. The molecule has 1 saturated heterocycles. The maximum Gasteiger partial charge on any atom is 0.410 e. The Hall–Kier alpha value is -1.07. The zero-order valence-electron chi connectivity index (χ0n) is 12.1. The largest absolute Gasteiger partial charge is 0.444 e. The molecular formula is C15H21BrN2O2. The van der Waals surface area contributed by atoms with E-state index in [4.69, 9.17) is 10.5 Å². The second-order valence-electron chi connectivity index (χ2n) is 6.09. The molecule has 1 aliphatic rings. The molecule has 1 aromatic carbocycles. The van der Waals surface area contributed by atoms with Gasteiger partial charge in [-0.05, 0) is 38.8 Å². The van der Waals surface area contributed by atoms with Gasteiger partial charge in [0.15, 0.2) is 0 Å². The van der Waals surface area contributed by atoms with Gasteiger partial charge in [-0.15, -0.1) is 0 Å². The third kappa shape index (κ3) is 3.33. The van der Waals surface area contributed by atoms with Crippen LogP contribution < -0.4 is 5.73 Å². The number of nitrogens with two attached hydrogens (primary N) is 1. The number of rotatable bonds is 1. The maximum absolute atomic E-state index is 12.3. The van der Waals surface area contributed by atoms with Gasteiger partial charge in [0.25, 0.3) is 0 Å². The van der Waals surface area contributed by atoms with Crippen LogP contribution in [0.2, 0.25) is 0 Å². The van der Waals surface area contributed by atoms with E-state index < -0.39 is 5.60 Å². The van der Waals surface area contributed by atoms with Crippen molar-refractivity contribution in [2.24, 2.45) is 5.73 Å². The summed E-state index contributed by atoms with van der Waals surface area (Å²) < 4.78 is 6.45. The molecule has 0 bridgehead atoms. The van der Waals surface area contributed by atoms with Gasteiger partial charge in [0.2, 0.25) is 0 Å². The third-order valence-electron chi connectivity index (χ3n) is 3.30. The molecule has 110 valence electrons. The summed E-state index contributed by atoms with van der Waals surface area (Å²) in [7, 11) is 0. The molecule has 1 aliphatic heterocycles. The highest BCUT2D eigenvalue weighted by atomic mass is 79.9. The van der Waals surface area contributed by atoms with E-state index in [1.54, 1.807) is 4.90 Å². The van der Waals surface area contributed by atoms with Crippen molar-refractivity contribution in [2.45, 2.75) is 44.9 Å². The van der Waals surface area contributed by atoms with Crippen molar-refractivity contribution in [3.63, 3.8) is 0 Å². The lowest BCUT2D eigenvalue weighted by Crippen LogP contribution is -2.39. The zero-order chi connectivity index (χ0) is 14.9. The minimum atomic E-state index is -0.498. The van der Waals surface area contributed by atoms with Gasteiger partial charge in [-0.2, -0.15) is 0 Å². The lowest BCUT2D eigenvalue weighted by Gasteiger charge is -2.30. The smallest absolute Gasteiger partial charge is 0.410 e. The fourth-order valence-electron chi connectivity index (χ4n) is 2.46. The number of likely N-dealkylation sites (tertiary alicyclic amines) is 1. The molecule has 0 aliphatic carbocycles. The van der Waals surface area contributed by atoms with E-state index in [2.05, 4.69) is 15.9 Å². The Morgan fingerprint density at radius 3 is 2.65 bits per heavy atom. The monoisotopic (exact) mass is 340 g/mol. The molecule has 4 nitrogen and oxygen atoms in total. The highest BCUT2D eigenvalue weighted by Gasteiger charge is 2.38. The predicted molar refractivity (Wildman–Crippen MR) is 82.4 cm³/mol. The van der Waals surface area contributed by atoms with Crippen molar-refractivity contribution in [2.75, 3.05) is 6.54 Å². The first kappa shape index (κ1) is 15.3. The Morgan fingerprint density at radius 2 is 2.05 bits per heavy atom. The second-order valence-corrected chi connectivity index (χ2v) is 6.95. The molecule has 2 rings (SSSR count). The second kappa shape index (κ2) is 5.74. The summed E-state index contributed by atoms with van der Waals surface area (Å²) in [4.78, 5) is 14.1. The Labute approximate surface area is 128 Å². The van der Waals surface area contributed by atoms with Crippen LogP contribution in [0.4, 0.5) is 4.79 Å². The van der Waals surface area contributed by atoms with Crippen molar-refractivity contribution >= 4 is 22.0 Å². The summed E-state index contributed by atoms with van der Waals surface area (Å²) >= 11 is 3.54. The molecule has 1 aromatic rings. The molecule has 20 heavy (non-hydrogen) atoms. The van der Waals surface area contributed by atoms with Crippen molar-refractivity contribution in [1.82, 2.24) is 4.90 Å². The van der Waals surface area contributed by atoms with Gasteiger partial charge >= 0.3 is 6.09 Å². The quantitative estimate of drug-likeness (QED) is 0.851. The van der Waals surface area contributed by atoms with Crippen molar-refractivity contribution in [3.8, 4) is 0 Å². The summed E-state index contributed by atoms with van der Waals surface area (Å²) in [6.45, 7) is 6.24. The van der Waals surface area contributed by atoms with Crippen LogP contribution in [0.5, 0.6) is 0 Å². The SMILES string of the molecule is CC(C)(C)OC(=O)N1CC[C@@H](N)[C@@H]1c1ccccc1Br. The topological polar surface area (TPSA) is 55.6 Å². The predicted octanol–water partition coefficient (Wildman–Crippen LogP) is 3.46. The van der Waals surface area contributed by atoms with Crippen molar-refractivity contribution in [3.05, 3.63) is 34.3 Å². The average molecular weight is 341 g/mol. The van der Waals surface area contributed by atoms with E-state index in [1.807, 2.05) is 45.0 Å². The van der Waals surface area contributed by atoms with Gasteiger partial charge in [-0.3, -0.25) is 4.90 Å². The van der Waals surface area contributed by atoms with Crippen LogP contribution in [-0.2, 0) is 4.74 Å². The molecule has 1 heterocycles. The third-order valence-corrected chi connectivity index (χ3v) is 4.02. The standard InChI is InChI=1S/C15H21BrN2O2/c1-15(2,3)20-14(19)18-9-8-12(17)13(18)10-6-4-5-7-11(10)16/h4-7,12-13H,8-9,17H2,1-3H3/t12-,13+/m1/s1. The van der Waals surface area contributed by atoms with Crippen molar-refractivity contribution < 1.29 is 9.53 Å². The zero-order valence-corrected chi connectivity index (χ0v) is 13.7. The first-order valence-corrected chi connectivity index (χ1v) is 7.58. The highest BCUT2D eigenvalue weighted by Crippen LogP contribution is 2.36. The molecule has 0 spiro atoms. The van der Waals surface area contributed by atoms with E-state index in [0.29, 0.717) is 6.54 Å². The maximum atomic E-state index is 12.3. The number of carbonyl (C=O) groups excluding carboxylic acids is 1. The molecule has 2 atom stereocenters. The normalized spacial score (nSPS) is 22.9. The molecule has 5 heteroatoms. The van der Waals surface area contributed by atoms with Gasteiger partial charge in [-0.1, -0.05) is 34.1 Å². The van der Waals surface area contributed by atoms with Gasteiger partial charge in [0, 0.05) is 17.1 Å². The number of benzene rings is 1. The lowest BCUT2D eigenvalue weighted by atomic mass is 10.0. The van der Waals surface area contributed by atoms with E-state index in [0.717, 1.165) is 16.5 Å². The fraction of sp³-hybridized carbons (Fsp3) is 0.533. The Kier molecular flexibility index (Phi) is 4.39. The van der Waals surface area contributed by atoms with Crippen LogP contribution in [-0.4, -0.2) is 29.2 Å². The van der Waals surface area contributed by atoms with E-state index in [9.17, 15) is 4.79 Å². The molecule has 1 fully saturated rings. The average Bonchev–Trinajstić information content (AvgIpc) is 2.70. The molecule has 2 N–H and O–H groups in total. The lowest BCUT2D eigenvalue weighted by molar-refractivity contribution is 0.0218. The summed E-state index contributed by atoms with van der Waals surface area (Å²) in [5, 5.41) is 0. The van der Waals surface area contributed by atoms with Gasteiger partial charge in [0.1, 0.15) is 5.60 Å². The van der Waals surface area contributed by atoms with Crippen LogP contribution in [0.15, 0.2) is 28.7 Å². The number of ether oxygens (including phenoxy) is 1. The van der Waals surface area contributed by atoms with Gasteiger partial charge in [0.05, 0.1) is 6.04 Å². The molecule has 1 amide bonds. The number of amides is 1. The number of hydrogen-bond donors (Lipinski definition) is 1. The van der Waals surface area contributed by atoms with Crippen LogP contribution in [0.3, 0.4) is 0 Å². The minimum Gasteiger partial charge on any atom is -0.444 e. The molecule has 0 radical (unpaired) electrons. The minimum absolute atomic E-state index is 0.0683. The summed E-state index contributed by atoms with van der Waals surface area (Å²) in [6, 6.07) is 7.66. The Balaban J connectivity index is 2.26. The Bertz CT molecular complexity index is 499. The van der Waals surface area contributed by atoms with Crippen LogP contribution in [0.1, 0.15) is 38.8 Å². The number of nitrogens with zero attached hydrogens (tertiary/aromatic N) is 1. The fourth-order valence-corrected chi connectivity index (χ4v) is 2.97. The first-order chi connectivity index (χ1) is 9.29. The van der Waals surface area contributed by atoms with E-state index in [-0.39, 0.29) is 18.2 Å². The summed E-state index contributed by atoms with van der Waals surface area (Å²) in [5.74, 6) is 0. The van der Waals surface area contributed by atoms with Crippen molar-refractivity contribution in [1.29, 1.82) is 0 Å². The number of hydrogen-bond acceptors (Lipinski definition) is 3. The first-order valence-electron chi connectivity index (χ1n) is 6.79. The number of halogens is 1.